The van der Waals surface area contributed by atoms with Gasteiger partial charge in [-0.3, -0.25) is 5.10 Å². The monoisotopic (exact) mass is 251 g/mol. The molecule has 0 unspecified atom stereocenters. The van der Waals surface area contributed by atoms with E-state index in [-0.39, 0.29) is 0 Å². The van der Waals surface area contributed by atoms with Crippen molar-refractivity contribution in [3.8, 4) is 5.88 Å². The summed E-state index contributed by atoms with van der Waals surface area (Å²) in [6, 6.07) is 3.62. The fraction of sp³-hybridized carbons (Fsp3) is 0.300. The van der Waals surface area contributed by atoms with Gasteiger partial charge in [0.25, 0.3) is 0 Å². The largest absolute Gasteiger partial charge is 0.481 e. The first-order valence-corrected chi connectivity index (χ1v) is 6.20. The number of rotatable bonds is 4. The Balaban J connectivity index is 2.25. The average Bonchev–Trinajstić information content (AvgIpc) is 2.74. The number of aryl methyl sites for hydroxylation is 1. The van der Waals surface area contributed by atoms with Crippen molar-refractivity contribution in [3.63, 3.8) is 0 Å². The van der Waals surface area contributed by atoms with Gasteiger partial charge in [0, 0.05) is 17.8 Å². The molecule has 0 saturated carbocycles. The molecule has 90 valence electrons. The number of methoxy groups -OCH3 is 1. The first-order valence-electron chi connectivity index (χ1n) is 4.97. The highest BCUT2D eigenvalue weighted by Gasteiger charge is 2.05. The molecule has 0 bridgehead atoms. The van der Waals surface area contributed by atoms with Gasteiger partial charge < -0.3 is 10.1 Å². The number of anilines is 2. The fourth-order valence-electron chi connectivity index (χ4n) is 1.28. The molecule has 0 saturated heterocycles. The van der Waals surface area contributed by atoms with E-state index < -0.39 is 0 Å². The summed E-state index contributed by atoms with van der Waals surface area (Å²) in [5, 5.41) is 10.7. The van der Waals surface area contributed by atoms with Crippen LogP contribution in [-0.2, 0) is 0 Å². The number of thioether (sulfide) groups is 1. The molecule has 7 heteroatoms. The van der Waals surface area contributed by atoms with Crippen LogP contribution in [0.25, 0.3) is 0 Å². The Morgan fingerprint density at radius 2 is 2.12 bits per heavy atom. The normalized spacial score (nSPS) is 10.3. The highest BCUT2D eigenvalue weighted by molar-refractivity contribution is 7.98. The number of hydrogen-bond acceptors (Lipinski definition) is 6. The summed E-state index contributed by atoms with van der Waals surface area (Å²) in [5.74, 6) is 1.90. The summed E-state index contributed by atoms with van der Waals surface area (Å²) in [6.07, 6.45) is 1.91. The lowest BCUT2D eigenvalue weighted by Gasteiger charge is -2.05. The number of aromatic nitrogens is 4. The van der Waals surface area contributed by atoms with Crippen molar-refractivity contribution in [2.75, 3.05) is 18.7 Å². The molecule has 0 aliphatic heterocycles. The van der Waals surface area contributed by atoms with Crippen molar-refractivity contribution in [2.45, 2.75) is 12.1 Å². The number of hydrogen-bond donors (Lipinski definition) is 2. The lowest BCUT2D eigenvalue weighted by atomic mass is 10.4. The minimum absolute atomic E-state index is 0.527. The molecule has 2 rings (SSSR count). The van der Waals surface area contributed by atoms with E-state index in [1.807, 2.05) is 19.2 Å². The van der Waals surface area contributed by atoms with Crippen LogP contribution in [0, 0.1) is 6.92 Å². The lowest BCUT2D eigenvalue weighted by molar-refractivity contribution is 0.393. The second-order valence-corrected chi connectivity index (χ2v) is 4.12. The highest BCUT2D eigenvalue weighted by Crippen LogP contribution is 2.21. The third-order valence-electron chi connectivity index (χ3n) is 2.04. The Kier molecular flexibility index (Phi) is 3.48. The van der Waals surface area contributed by atoms with Gasteiger partial charge >= 0.3 is 0 Å². The second kappa shape index (κ2) is 5.05. The Labute approximate surface area is 103 Å². The summed E-state index contributed by atoms with van der Waals surface area (Å²) < 4.78 is 5.11. The summed E-state index contributed by atoms with van der Waals surface area (Å²) >= 11 is 1.46. The van der Waals surface area contributed by atoms with Gasteiger partial charge in [-0.2, -0.15) is 10.1 Å². The zero-order valence-electron chi connectivity index (χ0n) is 9.81. The third kappa shape index (κ3) is 2.88. The molecule has 2 aromatic heterocycles. The van der Waals surface area contributed by atoms with Crippen molar-refractivity contribution in [1.29, 1.82) is 0 Å². The van der Waals surface area contributed by atoms with E-state index in [0.717, 1.165) is 11.5 Å². The predicted molar refractivity (Wildman–Crippen MR) is 67.0 cm³/mol. The van der Waals surface area contributed by atoms with Gasteiger partial charge in [0.1, 0.15) is 5.82 Å². The second-order valence-electron chi connectivity index (χ2n) is 3.34. The molecular weight excluding hydrogens is 238 g/mol. The highest BCUT2D eigenvalue weighted by atomic mass is 32.2. The smallest absolute Gasteiger partial charge is 0.219 e. The number of nitrogens with one attached hydrogen (secondary N) is 2. The van der Waals surface area contributed by atoms with Crippen molar-refractivity contribution < 1.29 is 4.74 Å². The Morgan fingerprint density at radius 1 is 1.29 bits per heavy atom. The fourth-order valence-corrected chi connectivity index (χ4v) is 1.65. The molecule has 2 heterocycles. The summed E-state index contributed by atoms with van der Waals surface area (Å²) in [4.78, 5) is 8.49. The number of aromatic amines is 1. The predicted octanol–water partition coefficient (Wildman–Crippen LogP) is 1.98. The maximum atomic E-state index is 5.11. The summed E-state index contributed by atoms with van der Waals surface area (Å²) in [5.41, 5.74) is 0.985. The van der Waals surface area contributed by atoms with E-state index in [2.05, 4.69) is 25.5 Å². The van der Waals surface area contributed by atoms with E-state index in [0.29, 0.717) is 16.9 Å². The van der Waals surface area contributed by atoms with Gasteiger partial charge in [-0.25, -0.2) is 4.98 Å². The first kappa shape index (κ1) is 11.7. The van der Waals surface area contributed by atoms with Gasteiger partial charge in [-0.15, -0.1) is 0 Å². The minimum Gasteiger partial charge on any atom is -0.481 e. The molecule has 17 heavy (non-hydrogen) atoms. The van der Waals surface area contributed by atoms with Crippen LogP contribution in [0.3, 0.4) is 0 Å². The van der Waals surface area contributed by atoms with Crippen LogP contribution < -0.4 is 10.1 Å². The SMILES string of the molecule is COc1cc(Nc2cc(C)[nH]n2)nc(SC)n1. The van der Waals surface area contributed by atoms with Crippen molar-refractivity contribution in [1.82, 2.24) is 20.2 Å². The van der Waals surface area contributed by atoms with Crippen molar-refractivity contribution >= 4 is 23.4 Å². The summed E-state index contributed by atoms with van der Waals surface area (Å²) in [6.45, 7) is 1.94. The molecule has 0 atom stereocenters. The molecule has 6 nitrogen and oxygen atoms in total. The molecule has 0 aliphatic carbocycles. The van der Waals surface area contributed by atoms with Gasteiger partial charge in [-0.05, 0) is 13.2 Å². The van der Waals surface area contributed by atoms with Gasteiger partial charge in [0.2, 0.25) is 5.88 Å². The van der Waals surface area contributed by atoms with Crippen LogP contribution >= 0.6 is 11.8 Å². The van der Waals surface area contributed by atoms with Crippen LogP contribution in [0.1, 0.15) is 5.69 Å². The minimum atomic E-state index is 0.527. The third-order valence-corrected chi connectivity index (χ3v) is 2.58. The zero-order valence-corrected chi connectivity index (χ0v) is 10.6. The molecule has 0 amide bonds. The van der Waals surface area contributed by atoms with Crippen molar-refractivity contribution in [2.24, 2.45) is 0 Å². The maximum Gasteiger partial charge on any atom is 0.219 e. The van der Waals surface area contributed by atoms with Gasteiger partial charge in [-0.1, -0.05) is 11.8 Å². The van der Waals surface area contributed by atoms with Crippen LogP contribution in [-0.4, -0.2) is 33.5 Å². The Bertz CT molecular complexity index is 491. The van der Waals surface area contributed by atoms with E-state index in [4.69, 9.17) is 4.74 Å². The van der Waals surface area contributed by atoms with E-state index >= 15 is 0 Å². The molecule has 0 aromatic carbocycles. The van der Waals surface area contributed by atoms with E-state index in [9.17, 15) is 0 Å². The molecule has 2 aromatic rings. The molecule has 0 radical (unpaired) electrons. The Morgan fingerprint density at radius 3 is 2.71 bits per heavy atom. The zero-order chi connectivity index (χ0) is 12.3. The number of nitrogens with zero attached hydrogens (tertiary/aromatic N) is 3. The van der Waals surface area contributed by atoms with Crippen LogP contribution in [0.5, 0.6) is 5.88 Å². The number of ether oxygens (including phenoxy) is 1. The molecule has 0 spiro atoms. The van der Waals surface area contributed by atoms with Crippen LogP contribution in [0.2, 0.25) is 0 Å². The lowest BCUT2D eigenvalue weighted by Crippen LogP contribution is -1.99. The van der Waals surface area contributed by atoms with Crippen molar-refractivity contribution in [3.05, 3.63) is 17.8 Å². The molecule has 0 fully saturated rings. The van der Waals surface area contributed by atoms with Gasteiger partial charge in [0.05, 0.1) is 7.11 Å². The maximum absolute atomic E-state index is 5.11. The quantitative estimate of drug-likeness (QED) is 0.639. The number of H-pyrrole nitrogens is 1. The average molecular weight is 251 g/mol. The Hall–Kier alpha value is -1.76. The van der Waals surface area contributed by atoms with E-state index in [1.54, 1.807) is 13.2 Å². The topological polar surface area (TPSA) is 75.7 Å². The first-order chi connectivity index (χ1) is 8.21. The van der Waals surface area contributed by atoms with Crippen LogP contribution in [0.15, 0.2) is 17.3 Å². The van der Waals surface area contributed by atoms with Crippen LogP contribution in [0.4, 0.5) is 11.6 Å². The van der Waals surface area contributed by atoms with E-state index in [1.165, 1.54) is 11.8 Å². The van der Waals surface area contributed by atoms with Gasteiger partial charge in [0.15, 0.2) is 11.0 Å². The molecular formula is C10H13N5OS. The molecule has 0 aliphatic rings. The standard InChI is InChI=1S/C10H13N5OS/c1-6-4-8(15-14-6)11-7-5-9(16-2)13-10(12-7)17-3/h4-5H,1-3H3,(H2,11,12,13,14,15). The molecule has 2 N–H and O–H groups in total. The summed E-state index contributed by atoms with van der Waals surface area (Å²) in [7, 11) is 1.58.